The molecule has 2 N–H and O–H groups in total. The van der Waals surface area contributed by atoms with E-state index in [1.807, 2.05) is 6.92 Å². The molecule has 4 nitrogen and oxygen atoms in total. The molecule has 0 bridgehead atoms. The van der Waals surface area contributed by atoms with Gasteiger partial charge in [0.05, 0.1) is 6.54 Å². The fourth-order valence-corrected chi connectivity index (χ4v) is 0.328. The predicted octanol–water partition coefficient (Wildman–Crippen LogP) is -0.340. The minimum Gasteiger partial charge on any atom is -0.356 e. The number of carbonyl (C=O) groups is 1. The zero-order chi connectivity index (χ0) is 6.41. The average molecular weight is 118 g/mol. The molecule has 0 saturated carbocycles. The molecular weight excluding hydrogens is 108 g/mol. The molecule has 0 fully saturated rings. The van der Waals surface area contributed by atoms with Crippen LogP contribution in [0.2, 0.25) is 0 Å². The third kappa shape index (κ3) is 3.58. The van der Waals surface area contributed by atoms with Crippen molar-refractivity contribution in [3.05, 3.63) is 0 Å². The summed E-state index contributed by atoms with van der Waals surface area (Å²) in [5.41, 5.74) is 0. The molecule has 0 aromatic heterocycles. The van der Waals surface area contributed by atoms with Crippen LogP contribution in [0.3, 0.4) is 0 Å². The van der Waals surface area contributed by atoms with Crippen LogP contribution in [0.15, 0.2) is 0 Å². The molecule has 0 aromatic rings. The van der Waals surface area contributed by atoms with Gasteiger partial charge in [-0.05, 0) is 6.42 Å². The summed E-state index contributed by atoms with van der Waals surface area (Å²) >= 11 is 0. The third-order valence-electron chi connectivity index (χ3n) is 0.622. The second-order valence-electron chi connectivity index (χ2n) is 1.34. The van der Waals surface area contributed by atoms with Crippen LogP contribution in [-0.4, -0.2) is 18.2 Å². The molecule has 0 saturated heterocycles. The highest BCUT2D eigenvalue weighted by molar-refractivity contribution is 5.36. The SMILES string of the molecule is CCCN(N)OC=O. The van der Waals surface area contributed by atoms with E-state index >= 15 is 0 Å². The molecule has 0 atom stereocenters. The quantitative estimate of drug-likeness (QED) is 0.312. The smallest absolute Gasteiger partial charge is 0.314 e. The second kappa shape index (κ2) is 4.55. The number of hydrazine groups is 1. The Labute approximate surface area is 48.1 Å². The first-order chi connectivity index (χ1) is 3.81. The van der Waals surface area contributed by atoms with Crippen molar-refractivity contribution in [2.75, 3.05) is 6.54 Å². The van der Waals surface area contributed by atoms with Crippen LogP contribution in [0.25, 0.3) is 0 Å². The van der Waals surface area contributed by atoms with Crippen LogP contribution in [0.5, 0.6) is 0 Å². The van der Waals surface area contributed by atoms with Gasteiger partial charge >= 0.3 is 6.47 Å². The number of hydrogen-bond donors (Lipinski definition) is 1. The summed E-state index contributed by atoms with van der Waals surface area (Å²) in [6.07, 6.45) is 0.865. The lowest BCUT2D eigenvalue weighted by Gasteiger charge is -2.08. The summed E-state index contributed by atoms with van der Waals surface area (Å²) in [5.74, 6) is 5.07. The molecule has 8 heavy (non-hydrogen) atoms. The van der Waals surface area contributed by atoms with E-state index in [0.717, 1.165) is 11.6 Å². The van der Waals surface area contributed by atoms with Gasteiger partial charge in [0, 0.05) is 0 Å². The van der Waals surface area contributed by atoms with Crippen LogP contribution in [-0.2, 0) is 9.63 Å². The highest BCUT2D eigenvalue weighted by atomic mass is 16.7. The van der Waals surface area contributed by atoms with E-state index in [9.17, 15) is 4.79 Å². The Morgan fingerprint density at radius 2 is 2.50 bits per heavy atom. The van der Waals surface area contributed by atoms with Crippen molar-refractivity contribution >= 4 is 6.47 Å². The van der Waals surface area contributed by atoms with Crippen LogP contribution in [0.1, 0.15) is 13.3 Å². The number of hydroxylamine groups is 1. The van der Waals surface area contributed by atoms with E-state index < -0.39 is 0 Å². The third-order valence-corrected chi connectivity index (χ3v) is 0.622. The van der Waals surface area contributed by atoms with Gasteiger partial charge in [-0.15, -0.1) is 0 Å². The number of hydrogen-bond acceptors (Lipinski definition) is 4. The van der Waals surface area contributed by atoms with E-state index in [0.29, 0.717) is 13.0 Å². The summed E-state index contributed by atoms with van der Waals surface area (Å²) in [5, 5.41) is 0.993. The van der Waals surface area contributed by atoms with Gasteiger partial charge in [0.15, 0.2) is 0 Å². The van der Waals surface area contributed by atoms with Crippen molar-refractivity contribution in [2.24, 2.45) is 5.84 Å². The first kappa shape index (κ1) is 7.39. The first-order valence-electron chi connectivity index (χ1n) is 2.44. The van der Waals surface area contributed by atoms with Crippen LogP contribution in [0.4, 0.5) is 0 Å². The average Bonchev–Trinajstić information content (AvgIpc) is 1.68. The molecule has 0 aliphatic rings. The first-order valence-corrected chi connectivity index (χ1v) is 2.44. The zero-order valence-electron chi connectivity index (χ0n) is 4.83. The van der Waals surface area contributed by atoms with Gasteiger partial charge in [-0.25, -0.2) is 5.84 Å². The molecule has 0 rings (SSSR count). The Balaban J connectivity index is 3.03. The van der Waals surface area contributed by atoms with Crippen molar-refractivity contribution in [2.45, 2.75) is 13.3 Å². The van der Waals surface area contributed by atoms with E-state index in [-0.39, 0.29) is 0 Å². The maximum absolute atomic E-state index is 9.55. The Morgan fingerprint density at radius 3 is 2.88 bits per heavy atom. The van der Waals surface area contributed by atoms with Crippen LogP contribution < -0.4 is 5.84 Å². The van der Waals surface area contributed by atoms with E-state index in [2.05, 4.69) is 4.84 Å². The van der Waals surface area contributed by atoms with Crippen LogP contribution in [0, 0.1) is 0 Å². The molecule has 4 heteroatoms. The lowest BCUT2D eigenvalue weighted by atomic mass is 10.5. The number of carbonyl (C=O) groups excluding carboxylic acids is 1. The molecule has 0 amide bonds. The fraction of sp³-hybridized carbons (Fsp3) is 0.750. The van der Waals surface area contributed by atoms with Gasteiger partial charge in [0.1, 0.15) is 0 Å². The Morgan fingerprint density at radius 1 is 1.88 bits per heavy atom. The molecule has 0 unspecified atom stereocenters. The summed E-state index contributed by atoms with van der Waals surface area (Å²) in [6, 6.07) is 0. The van der Waals surface area contributed by atoms with Crippen molar-refractivity contribution < 1.29 is 9.63 Å². The second-order valence-corrected chi connectivity index (χ2v) is 1.34. The molecule has 0 spiro atoms. The largest absolute Gasteiger partial charge is 0.356 e. The minimum atomic E-state index is 0.301. The lowest BCUT2D eigenvalue weighted by molar-refractivity contribution is -0.174. The van der Waals surface area contributed by atoms with E-state index in [1.54, 1.807) is 0 Å². The van der Waals surface area contributed by atoms with Crippen molar-refractivity contribution in [1.29, 1.82) is 0 Å². The number of nitrogens with two attached hydrogens (primary N) is 1. The minimum absolute atomic E-state index is 0.301. The molecule has 0 radical (unpaired) electrons. The van der Waals surface area contributed by atoms with Gasteiger partial charge in [-0.1, -0.05) is 12.1 Å². The van der Waals surface area contributed by atoms with E-state index in [1.165, 1.54) is 0 Å². The highest BCUT2D eigenvalue weighted by Crippen LogP contribution is 1.79. The van der Waals surface area contributed by atoms with Crippen molar-refractivity contribution in [1.82, 2.24) is 5.17 Å². The van der Waals surface area contributed by atoms with Crippen molar-refractivity contribution in [3.8, 4) is 0 Å². The Hall–Kier alpha value is -0.610. The molecule has 0 aromatic carbocycles. The van der Waals surface area contributed by atoms with Crippen molar-refractivity contribution in [3.63, 3.8) is 0 Å². The highest BCUT2D eigenvalue weighted by Gasteiger charge is 1.91. The van der Waals surface area contributed by atoms with Gasteiger partial charge in [-0.2, -0.15) is 0 Å². The van der Waals surface area contributed by atoms with Gasteiger partial charge < -0.3 is 4.84 Å². The fourth-order valence-electron chi connectivity index (χ4n) is 0.328. The number of nitrogens with zero attached hydrogens (tertiary/aromatic N) is 1. The summed E-state index contributed by atoms with van der Waals surface area (Å²) in [7, 11) is 0. The maximum Gasteiger partial charge on any atom is 0.314 e. The Kier molecular flexibility index (Phi) is 4.20. The summed E-state index contributed by atoms with van der Waals surface area (Å²) < 4.78 is 0. The molecule has 48 valence electrons. The molecular formula is C4H10N2O2. The van der Waals surface area contributed by atoms with Gasteiger partial charge in [0.25, 0.3) is 0 Å². The maximum atomic E-state index is 9.55. The summed E-state index contributed by atoms with van der Waals surface area (Å²) in [6.45, 7) is 2.81. The van der Waals surface area contributed by atoms with Crippen LogP contribution >= 0.6 is 0 Å². The molecule has 0 aliphatic carbocycles. The predicted molar refractivity (Wildman–Crippen MR) is 28.3 cm³/mol. The van der Waals surface area contributed by atoms with E-state index in [4.69, 9.17) is 5.84 Å². The standard InChI is InChI=1S/C4H10N2O2/c1-2-3-6(5)8-4-7/h4H,2-3,5H2,1H3. The van der Waals surface area contributed by atoms with Gasteiger partial charge in [0.2, 0.25) is 0 Å². The summed E-state index contributed by atoms with van der Waals surface area (Å²) in [4.78, 5) is 13.8. The zero-order valence-corrected chi connectivity index (χ0v) is 4.83. The normalized spacial score (nSPS) is 9.38. The molecule has 0 aliphatic heterocycles. The van der Waals surface area contributed by atoms with Gasteiger partial charge in [-0.3, -0.25) is 4.79 Å². The topological polar surface area (TPSA) is 55.6 Å². The lowest BCUT2D eigenvalue weighted by Crippen LogP contribution is -2.31. The Bertz CT molecular complexity index is 67.1. The molecule has 0 heterocycles. The monoisotopic (exact) mass is 118 g/mol. The number of rotatable bonds is 4.